The number of hydrogen-bond donors (Lipinski definition) is 1. The van der Waals surface area contributed by atoms with E-state index < -0.39 is 17.6 Å². The second kappa shape index (κ2) is 3.48. The first-order chi connectivity index (χ1) is 7.80. The number of benzene rings is 1. The molecule has 6 heteroatoms. The topological polar surface area (TPSA) is 43.8 Å². The molecule has 1 unspecified atom stereocenters. The molecule has 0 saturated carbocycles. The minimum atomic E-state index is -3.84. The van der Waals surface area contributed by atoms with Crippen LogP contribution in [0.1, 0.15) is 6.92 Å². The lowest BCUT2D eigenvalue weighted by molar-refractivity contribution is -0.200. The van der Waals surface area contributed by atoms with Crippen molar-refractivity contribution in [3.8, 4) is 0 Å². The van der Waals surface area contributed by atoms with Gasteiger partial charge in [-0.3, -0.25) is 4.79 Å². The highest BCUT2D eigenvalue weighted by molar-refractivity contribution is 6.00. The van der Waals surface area contributed by atoms with E-state index in [2.05, 4.69) is 0 Å². The SMILES string of the molecule is CN1N(c2ccccc2)C(=O)C(F)(F)C1(C)O. The van der Waals surface area contributed by atoms with Crippen LogP contribution in [-0.2, 0) is 4.79 Å². The molecule has 2 rings (SSSR count). The maximum Gasteiger partial charge on any atom is 0.368 e. The summed E-state index contributed by atoms with van der Waals surface area (Å²) in [5, 5.41) is 11.3. The molecule has 1 aromatic rings. The maximum atomic E-state index is 13.6. The van der Waals surface area contributed by atoms with Crippen LogP contribution in [0.25, 0.3) is 0 Å². The Morgan fingerprint density at radius 1 is 1.24 bits per heavy atom. The van der Waals surface area contributed by atoms with Crippen LogP contribution in [0.4, 0.5) is 14.5 Å². The fourth-order valence-electron chi connectivity index (χ4n) is 1.73. The highest BCUT2D eigenvalue weighted by atomic mass is 19.3. The molecule has 0 radical (unpaired) electrons. The molecule has 0 aromatic heterocycles. The Kier molecular flexibility index (Phi) is 2.44. The Morgan fingerprint density at radius 3 is 2.18 bits per heavy atom. The molecule has 1 amide bonds. The average molecular weight is 242 g/mol. The summed E-state index contributed by atoms with van der Waals surface area (Å²) in [5.74, 6) is -5.27. The summed E-state index contributed by atoms with van der Waals surface area (Å²) in [6.07, 6.45) is 0. The third-order valence-electron chi connectivity index (χ3n) is 2.99. The van der Waals surface area contributed by atoms with E-state index in [9.17, 15) is 18.7 Å². The number of alkyl halides is 2. The molecule has 1 aliphatic heterocycles. The lowest BCUT2D eigenvalue weighted by Gasteiger charge is -2.31. The van der Waals surface area contributed by atoms with E-state index in [1.807, 2.05) is 0 Å². The van der Waals surface area contributed by atoms with Gasteiger partial charge in [-0.1, -0.05) is 18.2 Å². The van der Waals surface area contributed by atoms with Crippen LogP contribution in [0.5, 0.6) is 0 Å². The summed E-state index contributed by atoms with van der Waals surface area (Å²) >= 11 is 0. The van der Waals surface area contributed by atoms with Crippen LogP contribution in [0.2, 0.25) is 0 Å². The molecular weight excluding hydrogens is 230 g/mol. The van der Waals surface area contributed by atoms with Gasteiger partial charge in [-0.05, 0) is 19.1 Å². The Labute approximate surface area is 97.0 Å². The number of nitrogens with zero attached hydrogens (tertiary/aromatic N) is 2. The number of anilines is 1. The van der Waals surface area contributed by atoms with Gasteiger partial charge >= 0.3 is 11.8 Å². The monoisotopic (exact) mass is 242 g/mol. The summed E-state index contributed by atoms with van der Waals surface area (Å²) in [6.45, 7) is 0.911. The number of halogens is 2. The number of para-hydroxylation sites is 1. The normalized spacial score (nSPS) is 28.8. The number of rotatable bonds is 1. The highest BCUT2D eigenvalue weighted by Gasteiger charge is 2.67. The standard InChI is InChI=1S/C11H12F2N2O2/c1-10(17)11(12,13)9(16)15(14(10)2)8-6-4-3-5-7-8/h3-7,17H,1-2H3. The van der Waals surface area contributed by atoms with Crippen molar-refractivity contribution in [3.63, 3.8) is 0 Å². The molecule has 1 saturated heterocycles. The molecular formula is C11H12F2N2O2. The first-order valence-electron chi connectivity index (χ1n) is 5.03. The zero-order chi connectivity index (χ0) is 12.8. The Hall–Kier alpha value is -1.53. The summed E-state index contributed by atoms with van der Waals surface area (Å²) in [5.41, 5.74) is -2.24. The van der Waals surface area contributed by atoms with E-state index in [1.165, 1.54) is 19.2 Å². The largest absolute Gasteiger partial charge is 0.368 e. The molecule has 92 valence electrons. The van der Waals surface area contributed by atoms with E-state index in [4.69, 9.17) is 0 Å². The molecule has 1 aromatic carbocycles. The predicted octanol–water partition coefficient (Wildman–Crippen LogP) is 1.22. The summed E-state index contributed by atoms with van der Waals surface area (Å²) < 4.78 is 27.2. The predicted molar refractivity (Wildman–Crippen MR) is 57.3 cm³/mol. The van der Waals surface area contributed by atoms with Gasteiger partial charge in [0, 0.05) is 7.05 Å². The Morgan fingerprint density at radius 2 is 1.76 bits per heavy atom. The van der Waals surface area contributed by atoms with Gasteiger partial charge in [0.1, 0.15) is 0 Å². The number of hydrazine groups is 1. The number of hydrogen-bond acceptors (Lipinski definition) is 3. The third-order valence-corrected chi connectivity index (χ3v) is 2.99. The third kappa shape index (κ3) is 1.44. The molecule has 1 N–H and O–H groups in total. The van der Waals surface area contributed by atoms with E-state index in [0.717, 1.165) is 16.9 Å². The molecule has 0 aliphatic carbocycles. The molecule has 0 bridgehead atoms. The summed E-state index contributed by atoms with van der Waals surface area (Å²) in [4.78, 5) is 11.6. The molecule has 17 heavy (non-hydrogen) atoms. The van der Waals surface area contributed by atoms with Crippen molar-refractivity contribution >= 4 is 11.6 Å². The van der Waals surface area contributed by atoms with Crippen molar-refractivity contribution in [3.05, 3.63) is 30.3 Å². The smallest absolute Gasteiger partial charge is 0.368 e. The van der Waals surface area contributed by atoms with Crippen LogP contribution in [-0.4, -0.2) is 34.7 Å². The number of carbonyl (C=O) groups is 1. The van der Waals surface area contributed by atoms with Gasteiger partial charge in [0.05, 0.1) is 5.69 Å². The molecule has 4 nitrogen and oxygen atoms in total. The van der Waals surface area contributed by atoms with Gasteiger partial charge in [-0.15, -0.1) is 0 Å². The molecule has 1 heterocycles. The van der Waals surface area contributed by atoms with Gasteiger partial charge in [0.2, 0.25) is 5.72 Å². The molecule has 0 spiro atoms. The number of aliphatic hydroxyl groups is 1. The van der Waals surface area contributed by atoms with Crippen molar-refractivity contribution < 1.29 is 18.7 Å². The van der Waals surface area contributed by atoms with E-state index in [0.29, 0.717) is 0 Å². The second-order valence-corrected chi connectivity index (χ2v) is 4.07. The van der Waals surface area contributed by atoms with Crippen molar-refractivity contribution in [2.45, 2.75) is 18.6 Å². The van der Waals surface area contributed by atoms with Crippen LogP contribution in [0, 0.1) is 0 Å². The second-order valence-electron chi connectivity index (χ2n) is 4.07. The maximum absolute atomic E-state index is 13.6. The van der Waals surface area contributed by atoms with E-state index in [-0.39, 0.29) is 5.69 Å². The minimum Gasteiger partial charge on any atom is -0.368 e. The molecule has 1 fully saturated rings. The van der Waals surface area contributed by atoms with Gasteiger partial charge in [0.25, 0.3) is 0 Å². The van der Waals surface area contributed by atoms with E-state index >= 15 is 0 Å². The zero-order valence-corrected chi connectivity index (χ0v) is 9.39. The highest BCUT2D eigenvalue weighted by Crippen LogP contribution is 2.42. The van der Waals surface area contributed by atoms with Crippen molar-refractivity contribution in [2.24, 2.45) is 0 Å². The minimum absolute atomic E-state index is 0.289. The van der Waals surface area contributed by atoms with Gasteiger partial charge in [-0.2, -0.15) is 13.8 Å². The number of carbonyl (C=O) groups excluding carboxylic acids is 1. The van der Waals surface area contributed by atoms with Crippen LogP contribution in [0.3, 0.4) is 0 Å². The van der Waals surface area contributed by atoms with Crippen LogP contribution in [0.15, 0.2) is 30.3 Å². The molecule has 1 atom stereocenters. The Bertz CT molecular complexity index is 448. The van der Waals surface area contributed by atoms with Crippen molar-refractivity contribution in [1.29, 1.82) is 0 Å². The van der Waals surface area contributed by atoms with Gasteiger partial charge in [-0.25, -0.2) is 5.01 Å². The first kappa shape index (κ1) is 11.9. The van der Waals surface area contributed by atoms with E-state index in [1.54, 1.807) is 18.2 Å². The van der Waals surface area contributed by atoms with Crippen molar-refractivity contribution in [2.75, 3.05) is 12.1 Å². The Balaban J connectivity index is 2.49. The first-order valence-corrected chi connectivity index (χ1v) is 5.03. The fraction of sp³-hybridized carbons (Fsp3) is 0.364. The quantitative estimate of drug-likeness (QED) is 0.805. The lowest BCUT2D eigenvalue weighted by atomic mass is 10.1. The molecule has 1 aliphatic rings. The summed E-state index contributed by atoms with van der Waals surface area (Å²) in [6, 6.07) is 8.00. The lowest BCUT2D eigenvalue weighted by Crippen LogP contribution is -2.52. The fourth-order valence-corrected chi connectivity index (χ4v) is 1.73. The van der Waals surface area contributed by atoms with Crippen LogP contribution >= 0.6 is 0 Å². The van der Waals surface area contributed by atoms with Crippen molar-refractivity contribution in [1.82, 2.24) is 5.01 Å². The zero-order valence-electron chi connectivity index (χ0n) is 9.39. The van der Waals surface area contributed by atoms with Gasteiger partial charge < -0.3 is 5.11 Å². The average Bonchev–Trinajstić information content (AvgIpc) is 2.40. The number of amides is 1. The van der Waals surface area contributed by atoms with Gasteiger partial charge in [0.15, 0.2) is 0 Å². The van der Waals surface area contributed by atoms with Crippen LogP contribution < -0.4 is 5.01 Å². The summed E-state index contributed by atoms with van der Waals surface area (Å²) in [7, 11) is 1.24.